The molecule has 108 valence electrons. The maximum atomic E-state index is 11.7. The molecule has 0 saturated carbocycles. The van der Waals surface area contributed by atoms with Crippen LogP contribution in [-0.4, -0.2) is 22.4 Å². The Morgan fingerprint density at radius 3 is 2.71 bits per heavy atom. The molecule has 0 spiro atoms. The third-order valence-electron chi connectivity index (χ3n) is 2.60. The first kappa shape index (κ1) is 15.7. The number of amides is 1. The van der Waals surface area contributed by atoms with Gasteiger partial charge in [0.1, 0.15) is 0 Å². The van der Waals surface area contributed by atoms with Crippen LogP contribution in [0.15, 0.2) is 63.3 Å². The van der Waals surface area contributed by atoms with Crippen LogP contribution in [0.25, 0.3) is 0 Å². The van der Waals surface area contributed by atoms with E-state index in [0.717, 1.165) is 20.8 Å². The second-order valence-electron chi connectivity index (χ2n) is 4.20. The Morgan fingerprint density at radius 1 is 1.29 bits per heavy atom. The van der Waals surface area contributed by atoms with Crippen molar-refractivity contribution in [2.45, 2.75) is 11.9 Å². The van der Waals surface area contributed by atoms with Crippen molar-refractivity contribution in [3.63, 3.8) is 0 Å². The number of carbonyl (C=O) groups is 1. The van der Waals surface area contributed by atoms with Crippen molar-refractivity contribution in [3.05, 3.63) is 58.7 Å². The molecule has 2 aromatic rings. The molecule has 0 unspecified atom stereocenters. The number of halogens is 1. The molecule has 6 heteroatoms. The van der Waals surface area contributed by atoms with Gasteiger partial charge in [0.15, 0.2) is 0 Å². The minimum atomic E-state index is -0.151. The van der Waals surface area contributed by atoms with Gasteiger partial charge in [-0.3, -0.25) is 4.79 Å². The topological polar surface area (TPSA) is 54.4 Å². The number of rotatable bonds is 5. The lowest BCUT2D eigenvalue weighted by Crippen LogP contribution is -2.21. The molecular formula is C15H14BrN3OS. The molecule has 0 aliphatic carbocycles. The van der Waals surface area contributed by atoms with Gasteiger partial charge < -0.3 is 0 Å². The molecule has 0 aliphatic heterocycles. The zero-order valence-corrected chi connectivity index (χ0v) is 13.8. The normalized spacial score (nSPS) is 11.2. The standard InChI is InChI=1S/C15H14BrN3OS/c1-11(12-5-7-13(16)8-6-12)18-19-14(20)10-21-15-4-2-3-9-17-15/h2-9H,10H2,1H3,(H,19,20)/b18-11+. The van der Waals surface area contributed by atoms with E-state index in [9.17, 15) is 4.79 Å². The first-order valence-corrected chi connectivity index (χ1v) is 8.06. The maximum absolute atomic E-state index is 11.7. The maximum Gasteiger partial charge on any atom is 0.250 e. The van der Waals surface area contributed by atoms with Crippen LogP contribution in [0.3, 0.4) is 0 Å². The van der Waals surface area contributed by atoms with Gasteiger partial charge in [-0.15, -0.1) is 0 Å². The van der Waals surface area contributed by atoms with E-state index >= 15 is 0 Å². The molecule has 2 rings (SSSR count). The number of hydrogen-bond donors (Lipinski definition) is 1. The molecule has 4 nitrogen and oxygen atoms in total. The molecule has 0 aliphatic rings. The number of pyridine rings is 1. The van der Waals surface area contributed by atoms with Crippen molar-refractivity contribution in [2.75, 3.05) is 5.75 Å². The molecule has 21 heavy (non-hydrogen) atoms. The van der Waals surface area contributed by atoms with Crippen LogP contribution in [0.5, 0.6) is 0 Å². The summed E-state index contributed by atoms with van der Waals surface area (Å²) in [5.74, 6) is 0.135. The van der Waals surface area contributed by atoms with Gasteiger partial charge in [-0.05, 0) is 36.8 Å². The zero-order valence-electron chi connectivity index (χ0n) is 11.4. The third-order valence-corrected chi connectivity index (χ3v) is 4.07. The van der Waals surface area contributed by atoms with Gasteiger partial charge >= 0.3 is 0 Å². The Morgan fingerprint density at radius 2 is 2.05 bits per heavy atom. The smallest absolute Gasteiger partial charge is 0.250 e. The predicted molar refractivity (Wildman–Crippen MR) is 89.5 cm³/mol. The summed E-state index contributed by atoms with van der Waals surface area (Å²) in [5, 5.41) is 4.92. The van der Waals surface area contributed by atoms with E-state index < -0.39 is 0 Å². The van der Waals surface area contributed by atoms with Crippen molar-refractivity contribution in [2.24, 2.45) is 5.10 Å². The minimum absolute atomic E-state index is 0.151. The third kappa shape index (κ3) is 5.32. The van der Waals surface area contributed by atoms with Crippen LogP contribution >= 0.6 is 27.7 Å². The fourth-order valence-electron chi connectivity index (χ4n) is 1.51. The number of carbonyl (C=O) groups excluding carboxylic acids is 1. The molecular weight excluding hydrogens is 350 g/mol. The van der Waals surface area contributed by atoms with Crippen LogP contribution in [0.2, 0.25) is 0 Å². The number of nitrogens with one attached hydrogen (secondary N) is 1. The predicted octanol–water partition coefficient (Wildman–Crippen LogP) is 3.48. The van der Waals surface area contributed by atoms with Crippen molar-refractivity contribution in [3.8, 4) is 0 Å². The number of hydrogen-bond acceptors (Lipinski definition) is 4. The summed E-state index contributed by atoms with van der Waals surface area (Å²) in [7, 11) is 0. The molecule has 0 bridgehead atoms. The largest absolute Gasteiger partial charge is 0.272 e. The average molecular weight is 364 g/mol. The van der Waals surface area contributed by atoms with Crippen molar-refractivity contribution >= 4 is 39.3 Å². The lowest BCUT2D eigenvalue weighted by molar-refractivity contribution is -0.118. The molecule has 1 aromatic carbocycles. The van der Waals surface area contributed by atoms with E-state index in [1.54, 1.807) is 6.20 Å². The lowest BCUT2D eigenvalue weighted by Gasteiger charge is -2.03. The van der Waals surface area contributed by atoms with Crippen LogP contribution in [0.4, 0.5) is 0 Å². The number of aromatic nitrogens is 1. The number of nitrogens with zero attached hydrogens (tertiary/aromatic N) is 2. The summed E-state index contributed by atoms with van der Waals surface area (Å²) in [6, 6.07) is 13.4. The molecule has 0 radical (unpaired) electrons. The van der Waals surface area contributed by atoms with E-state index in [-0.39, 0.29) is 11.7 Å². The van der Waals surface area contributed by atoms with Gasteiger partial charge in [-0.25, -0.2) is 10.4 Å². The summed E-state index contributed by atoms with van der Waals surface area (Å²) < 4.78 is 1.01. The number of benzene rings is 1. The Bertz CT molecular complexity index is 629. The summed E-state index contributed by atoms with van der Waals surface area (Å²) in [5.41, 5.74) is 4.29. The minimum Gasteiger partial charge on any atom is -0.272 e. The Hall–Kier alpha value is -1.66. The van der Waals surface area contributed by atoms with Crippen LogP contribution in [-0.2, 0) is 4.79 Å². The summed E-state index contributed by atoms with van der Waals surface area (Å²) in [4.78, 5) is 15.9. The van der Waals surface area contributed by atoms with Crippen LogP contribution < -0.4 is 5.43 Å². The molecule has 1 amide bonds. The molecule has 0 saturated heterocycles. The molecule has 1 aromatic heterocycles. The lowest BCUT2D eigenvalue weighted by atomic mass is 10.1. The highest BCUT2D eigenvalue weighted by atomic mass is 79.9. The highest BCUT2D eigenvalue weighted by molar-refractivity contribution is 9.10. The van der Waals surface area contributed by atoms with Gasteiger partial charge in [0.05, 0.1) is 16.5 Å². The van der Waals surface area contributed by atoms with E-state index in [1.165, 1.54) is 11.8 Å². The number of thioether (sulfide) groups is 1. The Balaban J connectivity index is 1.85. The average Bonchev–Trinajstić information content (AvgIpc) is 2.52. The van der Waals surface area contributed by atoms with Gasteiger partial charge in [0.25, 0.3) is 0 Å². The second kappa shape index (κ2) is 7.95. The second-order valence-corrected chi connectivity index (χ2v) is 6.11. The van der Waals surface area contributed by atoms with Crippen molar-refractivity contribution in [1.82, 2.24) is 10.4 Å². The molecule has 0 fully saturated rings. The SMILES string of the molecule is C/C(=N\NC(=O)CSc1ccccn1)c1ccc(Br)cc1. The fourth-order valence-corrected chi connectivity index (χ4v) is 2.42. The van der Waals surface area contributed by atoms with Gasteiger partial charge in [-0.2, -0.15) is 5.10 Å². The van der Waals surface area contributed by atoms with Crippen LogP contribution in [0, 0.1) is 0 Å². The zero-order chi connectivity index (χ0) is 15.1. The van der Waals surface area contributed by atoms with Crippen LogP contribution in [0.1, 0.15) is 12.5 Å². The molecule has 0 atom stereocenters. The van der Waals surface area contributed by atoms with E-state index in [1.807, 2.05) is 49.4 Å². The van der Waals surface area contributed by atoms with E-state index in [0.29, 0.717) is 0 Å². The molecule has 1 N–H and O–H groups in total. The highest BCUT2D eigenvalue weighted by Gasteiger charge is 2.03. The highest BCUT2D eigenvalue weighted by Crippen LogP contribution is 2.13. The first-order valence-electron chi connectivity index (χ1n) is 6.28. The van der Waals surface area contributed by atoms with Gasteiger partial charge in [-0.1, -0.05) is 45.9 Å². The van der Waals surface area contributed by atoms with Gasteiger partial charge in [0.2, 0.25) is 5.91 Å². The van der Waals surface area contributed by atoms with Gasteiger partial charge in [0, 0.05) is 10.7 Å². The Kier molecular flexibility index (Phi) is 5.95. The Labute approximate surface area is 136 Å². The van der Waals surface area contributed by atoms with E-state index in [4.69, 9.17) is 0 Å². The summed E-state index contributed by atoms with van der Waals surface area (Å²) in [6.07, 6.45) is 1.70. The monoisotopic (exact) mass is 363 g/mol. The summed E-state index contributed by atoms with van der Waals surface area (Å²) in [6.45, 7) is 1.86. The summed E-state index contributed by atoms with van der Waals surface area (Å²) >= 11 is 4.76. The van der Waals surface area contributed by atoms with Crippen molar-refractivity contribution < 1.29 is 4.79 Å². The quantitative estimate of drug-likeness (QED) is 0.502. The van der Waals surface area contributed by atoms with Crippen molar-refractivity contribution in [1.29, 1.82) is 0 Å². The fraction of sp³-hybridized carbons (Fsp3) is 0.133. The van der Waals surface area contributed by atoms with E-state index in [2.05, 4.69) is 31.4 Å². The molecule has 1 heterocycles. The first-order chi connectivity index (χ1) is 10.1. The number of hydrazone groups is 1.